The van der Waals surface area contributed by atoms with Crippen LogP contribution in [0.1, 0.15) is 30.1 Å². The average Bonchev–Trinajstić information content (AvgIpc) is 2.48. The maximum absolute atomic E-state index is 11.9. The highest BCUT2D eigenvalue weighted by atomic mass is 16.2. The minimum Gasteiger partial charge on any atom is -0.398 e. The minimum absolute atomic E-state index is 0.158. The van der Waals surface area contributed by atoms with Gasteiger partial charge >= 0.3 is 0 Å². The van der Waals surface area contributed by atoms with Crippen LogP contribution in [0.25, 0.3) is 0 Å². The summed E-state index contributed by atoms with van der Waals surface area (Å²) in [6.45, 7) is 2.49. The number of amides is 2. The topological polar surface area (TPSA) is 108 Å². The second kappa shape index (κ2) is 8.38. The molecule has 0 aliphatic carbocycles. The number of nitrogens with two attached hydrogens (primary N) is 1. The fourth-order valence-electron chi connectivity index (χ4n) is 1.54. The molecule has 0 aliphatic rings. The molecule has 0 saturated heterocycles. The summed E-state index contributed by atoms with van der Waals surface area (Å²) < 4.78 is 0. The van der Waals surface area contributed by atoms with E-state index in [0.717, 1.165) is 19.0 Å². The summed E-state index contributed by atoms with van der Waals surface area (Å²) in [5.41, 5.74) is 6.13. The molecule has 4 N–H and O–H groups in total. The summed E-state index contributed by atoms with van der Waals surface area (Å²) in [6.07, 6.45) is 2.86. The van der Waals surface area contributed by atoms with E-state index in [2.05, 4.69) is 10.6 Å². The number of nitrogen functional groups attached to an aromatic ring is 1. The van der Waals surface area contributed by atoms with Crippen molar-refractivity contribution in [1.29, 1.82) is 5.26 Å². The number of carbonyl (C=O) groups is 2. The zero-order valence-corrected chi connectivity index (χ0v) is 11.8. The second-order valence-corrected chi connectivity index (χ2v) is 4.34. The number of nitrogens with one attached hydrogen (secondary N) is 2. The van der Waals surface area contributed by atoms with E-state index in [9.17, 15) is 9.59 Å². The lowest BCUT2D eigenvalue weighted by molar-refractivity contribution is -0.117. The minimum atomic E-state index is -0.507. The van der Waals surface area contributed by atoms with Crippen LogP contribution in [0.2, 0.25) is 0 Å². The molecule has 0 saturated carbocycles. The monoisotopic (exact) mass is 286 g/mol. The van der Waals surface area contributed by atoms with Crippen LogP contribution in [-0.2, 0) is 4.79 Å². The van der Waals surface area contributed by atoms with Crippen molar-refractivity contribution in [1.82, 2.24) is 10.6 Å². The number of hydrogen-bond donors (Lipinski definition) is 3. The lowest BCUT2D eigenvalue weighted by Crippen LogP contribution is -2.27. The summed E-state index contributed by atoms with van der Waals surface area (Å²) in [4.78, 5) is 23.6. The number of rotatable bonds is 6. The van der Waals surface area contributed by atoms with Crippen LogP contribution in [0, 0.1) is 11.3 Å². The highest BCUT2D eigenvalue weighted by Crippen LogP contribution is 2.09. The maximum atomic E-state index is 11.9. The Hall–Kier alpha value is -2.81. The van der Waals surface area contributed by atoms with Gasteiger partial charge in [-0.2, -0.15) is 5.26 Å². The van der Waals surface area contributed by atoms with E-state index in [1.807, 2.05) is 6.92 Å². The lowest BCUT2D eigenvalue weighted by Gasteiger charge is -2.05. The number of unbranched alkanes of at least 4 members (excludes halogenated alkanes) is 1. The normalized spacial score (nSPS) is 10.6. The predicted molar refractivity (Wildman–Crippen MR) is 79.9 cm³/mol. The lowest BCUT2D eigenvalue weighted by atomic mass is 10.1. The van der Waals surface area contributed by atoms with Crippen molar-refractivity contribution in [3.63, 3.8) is 0 Å². The van der Waals surface area contributed by atoms with Gasteiger partial charge in [0.25, 0.3) is 11.8 Å². The second-order valence-electron chi connectivity index (χ2n) is 4.34. The fourth-order valence-corrected chi connectivity index (χ4v) is 1.54. The Bertz CT molecular complexity index is 588. The van der Waals surface area contributed by atoms with Gasteiger partial charge in [-0.1, -0.05) is 25.5 Å². The molecule has 2 amide bonds. The van der Waals surface area contributed by atoms with Crippen molar-refractivity contribution in [3.8, 4) is 6.07 Å². The van der Waals surface area contributed by atoms with E-state index < -0.39 is 11.8 Å². The van der Waals surface area contributed by atoms with Crippen molar-refractivity contribution in [2.24, 2.45) is 0 Å². The number of nitrogens with zero attached hydrogens (tertiary/aromatic N) is 1. The molecular weight excluding hydrogens is 268 g/mol. The van der Waals surface area contributed by atoms with Gasteiger partial charge in [-0.05, 0) is 18.6 Å². The first-order valence-corrected chi connectivity index (χ1v) is 6.64. The first kappa shape index (κ1) is 16.2. The number of hydrogen-bond acceptors (Lipinski definition) is 4. The summed E-state index contributed by atoms with van der Waals surface area (Å²) in [5, 5.41) is 13.9. The van der Waals surface area contributed by atoms with Crippen molar-refractivity contribution in [2.75, 3.05) is 12.3 Å². The first-order valence-electron chi connectivity index (χ1n) is 6.64. The van der Waals surface area contributed by atoms with Crippen LogP contribution >= 0.6 is 0 Å². The third kappa shape index (κ3) is 4.99. The highest BCUT2D eigenvalue weighted by Gasteiger charge is 2.11. The van der Waals surface area contributed by atoms with Gasteiger partial charge in [-0.15, -0.1) is 0 Å². The first-order chi connectivity index (χ1) is 10.1. The van der Waals surface area contributed by atoms with Gasteiger partial charge in [-0.3, -0.25) is 9.59 Å². The van der Waals surface area contributed by atoms with E-state index >= 15 is 0 Å². The molecule has 21 heavy (non-hydrogen) atoms. The Morgan fingerprint density at radius 3 is 2.71 bits per heavy atom. The number of nitriles is 1. The van der Waals surface area contributed by atoms with Gasteiger partial charge in [0.2, 0.25) is 0 Å². The van der Waals surface area contributed by atoms with Gasteiger partial charge in [0.15, 0.2) is 0 Å². The van der Waals surface area contributed by atoms with E-state index in [1.54, 1.807) is 30.3 Å². The van der Waals surface area contributed by atoms with Crippen molar-refractivity contribution in [2.45, 2.75) is 19.8 Å². The Morgan fingerprint density at radius 2 is 2.10 bits per heavy atom. The molecule has 6 heteroatoms. The molecule has 110 valence electrons. The third-order valence-electron chi connectivity index (χ3n) is 2.73. The molecule has 1 aromatic rings. The quantitative estimate of drug-likeness (QED) is 0.317. The summed E-state index contributed by atoms with van der Waals surface area (Å²) >= 11 is 0. The molecule has 6 nitrogen and oxygen atoms in total. The van der Waals surface area contributed by atoms with Crippen LogP contribution in [0.3, 0.4) is 0 Å². The summed E-state index contributed by atoms with van der Waals surface area (Å²) in [6, 6.07) is 8.30. The van der Waals surface area contributed by atoms with Gasteiger partial charge in [0.05, 0.1) is 5.56 Å². The van der Waals surface area contributed by atoms with Crippen LogP contribution in [0.5, 0.6) is 0 Å². The largest absolute Gasteiger partial charge is 0.398 e. The Labute approximate surface area is 123 Å². The van der Waals surface area contributed by atoms with Gasteiger partial charge in [0.1, 0.15) is 11.6 Å². The Morgan fingerprint density at radius 1 is 1.38 bits per heavy atom. The highest BCUT2D eigenvalue weighted by molar-refractivity contribution is 6.01. The molecule has 1 rings (SSSR count). The molecule has 1 aromatic carbocycles. The molecular formula is C15H18N4O2. The summed E-state index contributed by atoms with van der Waals surface area (Å²) in [7, 11) is 0. The number of para-hydroxylation sites is 1. The van der Waals surface area contributed by atoms with Crippen molar-refractivity contribution in [3.05, 3.63) is 41.6 Å². The number of carbonyl (C=O) groups excluding carboxylic acids is 2. The standard InChI is InChI=1S/C15H18N4O2/c1-2-3-8-18-14(20)11(9-16)10-19-15(21)12-6-4-5-7-13(12)17/h4-7,10H,2-3,8,17H2,1H3,(H,18,20)(H,19,21)/b11-10-. The van der Waals surface area contributed by atoms with Crippen LogP contribution in [-0.4, -0.2) is 18.4 Å². The third-order valence-corrected chi connectivity index (χ3v) is 2.73. The SMILES string of the molecule is CCCCNC(=O)/C(C#N)=C\NC(=O)c1ccccc1N. The zero-order chi connectivity index (χ0) is 15.7. The van der Waals surface area contributed by atoms with E-state index in [4.69, 9.17) is 11.0 Å². The van der Waals surface area contributed by atoms with Gasteiger partial charge in [-0.25, -0.2) is 0 Å². The molecule has 0 unspecified atom stereocenters. The van der Waals surface area contributed by atoms with Gasteiger partial charge < -0.3 is 16.4 Å². The molecule has 0 heterocycles. The van der Waals surface area contributed by atoms with Gasteiger partial charge in [0, 0.05) is 18.4 Å². The van der Waals surface area contributed by atoms with Crippen LogP contribution in [0.15, 0.2) is 36.0 Å². The van der Waals surface area contributed by atoms with E-state index in [-0.39, 0.29) is 11.1 Å². The van der Waals surface area contributed by atoms with E-state index in [1.165, 1.54) is 0 Å². The predicted octanol–water partition coefficient (Wildman–Crippen LogP) is 1.32. The smallest absolute Gasteiger partial charge is 0.263 e. The van der Waals surface area contributed by atoms with Crippen LogP contribution in [0.4, 0.5) is 5.69 Å². The van der Waals surface area contributed by atoms with E-state index in [0.29, 0.717) is 12.2 Å². The zero-order valence-electron chi connectivity index (χ0n) is 11.8. The number of anilines is 1. The molecule has 0 fully saturated rings. The van der Waals surface area contributed by atoms with Crippen molar-refractivity contribution >= 4 is 17.5 Å². The average molecular weight is 286 g/mol. The summed E-state index contributed by atoms with van der Waals surface area (Å²) in [5.74, 6) is -0.977. The molecule has 0 aliphatic heterocycles. The fraction of sp³-hybridized carbons (Fsp3) is 0.267. The molecule has 0 bridgehead atoms. The Kier molecular flexibility index (Phi) is 6.48. The molecule has 0 spiro atoms. The van der Waals surface area contributed by atoms with Crippen molar-refractivity contribution < 1.29 is 9.59 Å². The molecule has 0 atom stereocenters. The molecule has 0 aromatic heterocycles. The van der Waals surface area contributed by atoms with Crippen LogP contribution < -0.4 is 16.4 Å². The Balaban J connectivity index is 2.69. The maximum Gasteiger partial charge on any atom is 0.263 e. The molecule has 0 radical (unpaired) electrons. The number of benzene rings is 1.